The summed E-state index contributed by atoms with van der Waals surface area (Å²) in [6, 6.07) is 6.55. The molecule has 2 fully saturated rings. The van der Waals surface area contributed by atoms with Gasteiger partial charge < -0.3 is 54.9 Å². The van der Waals surface area contributed by atoms with Crippen molar-refractivity contribution in [1.82, 2.24) is 34.0 Å². The van der Waals surface area contributed by atoms with Crippen molar-refractivity contribution >= 4 is 61.7 Å². The van der Waals surface area contributed by atoms with Gasteiger partial charge in [0.2, 0.25) is 11.6 Å². The molecular weight excluding hydrogens is 856 g/mol. The molecule has 0 radical (unpaired) electrons. The van der Waals surface area contributed by atoms with Gasteiger partial charge in [-0.2, -0.15) is 4.98 Å². The monoisotopic (exact) mass is 897 g/mol. The van der Waals surface area contributed by atoms with E-state index in [2.05, 4.69) is 31.0 Å². The Morgan fingerprint density at radius 2 is 1.90 bits per heavy atom. The van der Waals surface area contributed by atoms with Gasteiger partial charge in [-0.15, -0.1) is 6.58 Å². The van der Waals surface area contributed by atoms with Crippen molar-refractivity contribution in [2.45, 2.75) is 67.6 Å². The van der Waals surface area contributed by atoms with Gasteiger partial charge in [-0.05, 0) is 30.2 Å². The molecule has 60 heavy (non-hydrogen) atoms. The van der Waals surface area contributed by atoms with Gasteiger partial charge in [-0.25, -0.2) is 29.1 Å². The van der Waals surface area contributed by atoms with Gasteiger partial charge in [0, 0.05) is 37.5 Å². The number of nitrogen functional groups attached to an aromatic ring is 2. The first kappa shape index (κ1) is 44.9. The molecule has 4 aromatic rings. The lowest BCUT2D eigenvalue weighted by Crippen LogP contribution is -2.53. The number of ether oxygens (including phenoxy) is 3. The topological polar surface area (TPSA) is 329 Å². The van der Waals surface area contributed by atoms with Gasteiger partial charge in [-0.3, -0.25) is 23.0 Å². The lowest BCUT2D eigenvalue weighted by Gasteiger charge is -2.34. The number of fused-ring (bicyclic) bond motifs is 1. The number of imidazole rings is 1. The van der Waals surface area contributed by atoms with Gasteiger partial charge >= 0.3 is 27.1 Å². The summed E-state index contributed by atoms with van der Waals surface area (Å²) in [5, 5.41) is 12.8. The standard InChI is InChI=1S/C34H42ClN9O14P2/c1-3-4-8-26(45)42(2)21(12-19-6-5-7-20(35)11-19)32(46)58-29-23(54-16-34(29,48)44-18-40-28-30(37)38-17-39-31(28)44)15-55-59(49,50)24-13-27(43-10-9-25(36)41-33(43)47)57-22(24)14-56-60(51,52)53/h3,5-7,9-11,17-18,21-24,27,29,48H,1,4,8,12-16H2,2H3,(H,49,50)(H2,36,41,47)(H2,37,38,39)(H2,51,52,53)/t21-,22+,23+,24-,27+,29+,34+/m0/s1. The normalized spacial score (nSPS) is 24.5. The fourth-order valence-corrected chi connectivity index (χ4v) is 8.99. The Hall–Kier alpha value is -4.64. The minimum atomic E-state index is -5.12. The minimum Gasteiger partial charge on any atom is -0.453 e. The molecule has 1 amide bonds. The molecule has 0 bridgehead atoms. The zero-order valence-corrected chi connectivity index (χ0v) is 34.3. The Bertz CT molecular complexity index is 2400. The molecular formula is C34H42ClN9O14P2. The van der Waals surface area contributed by atoms with Crippen molar-refractivity contribution in [3.8, 4) is 0 Å². The van der Waals surface area contributed by atoms with E-state index in [4.69, 9.17) is 41.8 Å². The summed E-state index contributed by atoms with van der Waals surface area (Å²) in [4.78, 5) is 87.5. The number of hydrogen-bond donors (Lipinski definition) is 6. The fraction of sp³-hybridized carbons (Fsp3) is 0.441. The Balaban J connectivity index is 1.32. The zero-order chi connectivity index (χ0) is 43.6. The molecule has 1 aromatic carbocycles. The summed E-state index contributed by atoms with van der Waals surface area (Å²) in [7, 11) is -8.69. The second-order valence-electron chi connectivity index (χ2n) is 13.9. The van der Waals surface area contributed by atoms with Crippen LogP contribution in [0.1, 0.15) is 31.1 Å². The summed E-state index contributed by atoms with van der Waals surface area (Å²) in [6.07, 6.45) is -1.24. The maximum atomic E-state index is 14.4. The van der Waals surface area contributed by atoms with E-state index in [1.54, 1.807) is 30.3 Å². The van der Waals surface area contributed by atoms with E-state index in [0.717, 1.165) is 21.8 Å². The van der Waals surface area contributed by atoms with Crippen molar-refractivity contribution in [3.05, 3.63) is 82.9 Å². The molecule has 2 aliphatic heterocycles. The largest absolute Gasteiger partial charge is 0.469 e. The zero-order valence-electron chi connectivity index (χ0n) is 31.7. The molecule has 0 spiro atoms. The summed E-state index contributed by atoms with van der Waals surface area (Å²) >= 11 is 6.23. The highest BCUT2D eigenvalue weighted by Crippen LogP contribution is 2.56. The number of nitrogens with two attached hydrogens (primary N) is 2. The Labute approximate surface area is 345 Å². The van der Waals surface area contributed by atoms with Crippen LogP contribution >= 0.6 is 27.0 Å². The molecule has 2 saturated heterocycles. The molecule has 324 valence electrons. The minimum absolute atomic E-state index is 0.00527. The van der Waals surface area contributed by atoms with Crippen molar-refractivity contribution < 1.29 is 61.8 Å². The van der Waals surface area contributed by atoms with E-state index >= 15 is 0 Å². The average molecular weight is 898 g/mol. The Kier molecular flexibility index (Phi) is 13.6. The molecule has 2 aliphatic rings. The Morgan fingerprint density at radius 1 is 1.15 bits per heavy atom. The number of rotatable bonds is 17. The molecule has 26 heteroatoms. The van der Waals surface area contributed by atoms with Crippen molar-refractivity contribution in [3.63, 3.8) is 0 Å². The predicted octanol–water partition coefficient (Wildman–Crippen LogP) is 0.860. The second-order valence-corrected chi connectivity index (χ2v) is 17.7. The van der Waals surface area contributed by atoms with Crippen LogP contribution in [0.4, 0.5) is 11.6 Å². The van der Waals surface area contributed by atoms with Crippen molar-refractivity contribution in [2.24, 2.45) is 0 Å². The van der Waals surface area contributed by atoms with Crippen molar-refractivity contribution in [1.29, 1.82) is 0 Å². The predicted molar refractivity (Wildman–Crippen MR) is 210 cm³/mol. The number of hydrogen-bond acceptors (Lipinski definition) is 17. The number of anilines is 2. The van der Waals surface area contributed by atoms with E-state index in [1.165, 1.54) is 24.2 Å². The lowest BCUT2D eigenvalue weighted by atomic mass is 10.0. The maximum absolute atomic E-state index is 14.4. The van der Waals surface area contributed by atoms with Crippen LogP contribution in [0.15, 0.2) is 66.6 Å². The van der Waals surface area contributed by atoms with Gasteiger partial charge in [-0.1, -0.05) is 29.8 Å². The molecule has 5 heterocycles. The van der Waals surface area contributed by atoms with E-state index < -0.39 is 101 Å². The molecule has 23 nitrogen and oxygen atoms in total. The van der Waals surface area contributed by atoms with Crippen LogP contribution in [-0.2, 0) is 54.1 Å². The molecule has 1 unspecified atom stereocenters. The van der Waals surface area contributed by atoms with Crippen LogP contribution < -0.4 is 17.2 Å². The highest BCUT2D eigenvalue weighted by Gasteiger charge is 2.56. The number of aromatic nitrogens is 6. The Morgan fingerprint density at radius 3 is 2.60 bits per heavy atom. The molecule has 0 saturated carbocycles. The molecule has 6 rings (SSSR count). The third-order valence-electron chi connectivity index (χ3n) is 9.95. The number of amides is 1. The number of benzene rings is 1. The summed E-state index contributed by atoms with van der Waals surface area (Å²) in [5.74, 6) is -1.60. The highest BCUT2D eigenvalue weighted by atomic mass is 35.5. The number of likely N-dealkylation sites (N-methyl/N-ethyl adjacent to an activating group) is 1. The number of carbonyl (C=O) groups is 2. The van der Waals surface area contributed by atoms with Gasteiger partial charge in [0.25, 0.3) is 0 Å². The quantitative estimate of drug-likeness (QED) is 0.0486. The first-order valence-corrected chi connectivity index (χ1v) is 21.6. The summed E-state index contributed by atoms with van der Waals surface area (Å²) < 4.78 is 55.7. The van der Waals surface area contributed by atoms with Gasteiger partial charge in [0.05, 0.1) is 37.9 Å². The first-order chi connectivity index (χ1) is 28.3. The number of allylic oxidation sites excluding steroid dienone is 1. The molecule has 8 atom stereocenters. The van der Waals surface area contributed by atoms with Crippen LogP contribution in [0.2, 0.25) is 5.02 Å². The number of nitrogens with zero attached hydrogens (tertiary/aromatic N) is 7. The van der Waals surface area contributed by atoms with E-state index in [9.17, 15) is 43.3 Å². The second kappa shape index (κ2) is 18.1. The summed E-state index contributed by atoms with van der Waals surface area (Å²) in [5.41, 5.74) is 7.45. The van der Waals surface area contributed by atoms with Crippen LogP contribution in [0.5, 0.6) is 0 Å². The number of esters is 1. The molecule has 8 N–H and O–H groups in total. The van der Waals surface area contributed by atoms with Crippen molar-refractivity contribution in [2.75, 3.05) is 38.3 Å². The summed E-state index contributed by atoms with van der Waals surface area (Å²) in [6.45, 7) is 1.27. The van der Waals surface area contributed by atoms with Crippen LogP contribution in [0, 0.1) is 0 Å². The highest BCUT2D eigenvalue weighted by molar-refractivity contribution is 7.53. The lowest BCUT2D eigenvalue weighted by molar-refractivity contribution is -0.180. The van der Waals surface area contributed by atoms with E-state index in [1.807, 2.05) is 0 Å². The smallest absolute Gasteiger partial charge is 0.453 e. The van der Waals surface area contributed by atoms with Crippen LogP contribution in [0.25, 0.3) is 11.2 Å². The first-order valence-electron chi connectivity index (χ1n) is 18.1. The fourth-order valence-electron chi connectivity index (χ4n) is 6.86. The average Bonchev–Trinajstić information content (AvgIpc) is 3.91. The number of phosphoric acid groups is 1. The van der Waals surface area contributed by atoms with E-state index in [0.29, 0.717) is 17.0 Å². The number of aliphatic hydroxyl groups is 1. The SMILES string of the molecule is C=CCCC(=O)N(C)[C@@H](Cc1cccc(Cl)c1)C(=O)O[C@@H]1[C@@H](COP(=O)(O)[C@H]2C[C@H](n3ccc(N)nc3=O)O[C@@H]2COP(=O)(O)O)OC[C@]1(O)n1cnc2c(N)ncnc21. The van der Waals surface area contributed by atoms with Gasteiger partial charge in [0.1, 0.15) is 36.0 Å². The number of carbonyl (C=O) groups excluding carboxylic acids is 2. The van der Waals surface area contributed by atoms with Crippen LogP contribution in [0.3, 0.4) is 0 Å². The molecule has 0 aliphatic carbocycles. The van der Waals surface area contributed by atoms with Gasteiger partial charge in [0.15, 0.2) is 17.6 Å². The molecule has 3 aromatic heterocycles. The van der Waals surface area contributed by atoms with Crippen LogP contribution in [-0.4, -0.2) is 123 Å². The van der Waals surface area contributed by atoms with E-state index in [-0.39, 0.29) is 35.6 Å². The third kappa shape index (κ3) is 9.93. The maximum Gasteiger partial charge on any atom is 0.469 e. The third-order valence-corrected chi connectivity index (χ3v) is 12.6. The number of phosphoric ester groups is 1. The number of halogens is 1.